The molecule has 154 valence electrons. The van der Waals surface area contributed by atoms with Crippen molar-refractivity contribution in [1.29, 1.82) is 0 Å². The van der Waals surface area contributed by atoms with Crippen molar-refractivity contribution >= 4 is 23.2 Å². The van der Waals surface area contributed by atoms with Crippen LogP contribution in [0, 0.1) is 0 Å². The second-order valence-electron chi connectivity index (χ2n) is 7.27. The number of hydrogen-bond acceptors (Lipinski definition) is 4. The van der Waals surface area contributed by atoms with E-state index in [0.717, 1.165) is 30.8 Å². The second-order valence-corrected chi connectivity index (χ2v) is 7.27. The molecule has 2 aromatic carbocycles. The fourth-order valence-electron chi connectivity index (χ4n) is 3.49. The Labute approximate surface area is 172 Å². The van der Waals surface area contributed by atoms with Gasteiger partial charge in [-0.05, 0) is 81.6 Å². The number of benzene rings is 2. The van der Waals surface area contributed by atoms with Crippen LogP contribution >= 0.6 is 0 Å². The van der Waals surface area contributed by atoms with Gasteiger partial charge in [0.15, 0.2) is 0 Å². The maximum Gasteiger partial charge on any atom is 0.255 e. The number of nitrogens with zero attached hydrogens (tertiary/aromatic N) is 1. The Morgan fingerprint density at radius 1 is 1.03 bits per heavy atom. The van der Waals surface area contributed by atoms with Gasteiger partial charge in [-0.25, -0.2) is 0 Å². The average Bonchev–Trinajstić information content (AvgIpc) is 2.74. The van der Waals surface area contributed by atoms with Crippen LogP contribution in [0.15, 0.2) is 48.5 Å². The maximum atomic E-state index is 12.4. The molecule has 1 fully saturated rings. The molecule has 0 spiro atoms. The number of hydrogen-bond donors (Lipinski definition) is 2. The quantitative estimate of drug-likeness (QED) is 0.739. The van der Waals surface area contributed by atoms with Crippen LogP contribution in [0.1, 0.15) is 43.5 Å². The Morgan fingerprint density at radius 2 is 1.72 bits per heavy atom. The Morgan fingerprint density at radius 3 is 2.38 bits per heavy atom. The van der Waals surface area contributed by atoms with Gasteiger partial charge in [-0.2, -0.15) is 0 Å². The van der Waals surface area contributed by atoms with E-state index in [-0.39, 0.29) is 18.4 Å². The van der Waals surface area contributed by atoms with E-state index in [1.165, 1.54) is 6.42 Å². The Bertz CT molecular complexity index is 818. The number of ether oxygens (including phenoxy) is 1. The van der Waals surface area contributed by atoms with Gasteiger partial charge in [0.05, 0.1) is 13.2 Å². The van der Waals surface area contributed by atoms with Gasteiger partial charge >= 0.3 is 0 Å². The molecule has 0 aromatic heterocycles. The molecule has 1 saturated heterocycles. The lowest BCUT2D eigenvalue weighted by molar-refractivity contribution is -0.132. The third-order valence-electron chi connectivity index (χ3n) is 5.14. The number of anilines is 2. The van der Waals surface area contributed by atoms with E-state index in [1.54, 1.807) is 12.1 Å². The van der Waals surface area contributed by atoms with Crippen molar-refractivity contribution in [3.05, 3.63) is 54.1 Å². The second kappa shape index (κ2) is 9.96. The normalized spacial score (nSPS) is 16.2. The molecule has 0 aliphatic carbocycles. The molecule has 1 unspecified atom stereocenters. The van der Waals surface area contributed by atoms with Gasteiger partial charge in [0.25, 0.3) is 5.91 Å². The molecule has 6 heteroatoms. The minimum Gasteiger partial charge on any atom is -0.494 e. The molecule has 1 aliphatic rings. The van der Waals surface area contributed by atoms with Crippen LogP contribution in [0.25, 0.3) is 0 Å². The number of piperidine rings is 1. The van der Waals surface area contributed by atoms with Gasteiger partial charge in [-0.1, -0.05) is 0 Å². The van der Waals surface area contributed by atoms with Crippen molar-refractivity contribution in [2.75, 3.05) is 30.3 Å². The summed E-state index contributed by atoms with van der Waals surface area (Å²) in [7, 11) is 0. The van der Waals surface area contributed by atoms with Crippen molar-refractivity contribution in [1.82, 2.24) is 4.90 Å². The lowest BCUT2D eigenvalue weighted by Crippen LogP contribution is -2.44. The van der Waals surface area contributed by atoms with Gasteiger partial charge in [-0.3, -0.25) is 9.59 Å². The smallest absolute Gasteiger partial charge is 0.255 e. The molecule has 3 rings (SSSR count). The summed E-state index contributed by atoms with van der Waals surface area (Å²) in [5.74, 6) is 0.711. The SMILES string of the molecule is CCOc1ccc(NC(=O)c2ccc(NCC(=O)N3CCCCC3C)cc2)cc1. The Balaban J connectivity index is 1.51. The van der Waals surface area contributed by atoms with Gasteiger partial charge < -0.3 is 20.3 Å². The van der Waals surface area contributed by atoms with Crippen molar-refractivity contribution < 1.29 is 14.3 Å². The zero-order valence-electron chi connectivity index (χ0n) is 17.1. The van der Waals surface area contributed by atoms with E-state index in [4.69, 9.17) is 4.74 Å². The summed E-state index contributed by atoms with van der Waals surface area (Å²) >= 11 is 0. The first-order valence-corrected chi connectivity index (χ1v) is 10.2. The fourth-order valence-corrected chi connectivity index (χ4v) is 3.49. The molecular formula is C23H29N3O3. The minimum atomic E-state index is -0.182. The minimum absolute atomic E-state index is 0.120. The number of carbonyl (C=O) groups excluding carboxylic acids is 2. The van der Waals surface area contributed by atoms with Crippen molar-refractivity contribution in [2.45, 2.75) is 39.2 Å². The number of amides is 2. The van der Waals surface area contributed by atoms with Crippen molar-refractivity contribution in [3.63, 3.8) is 0 Å². The molecular weight excluding hydrogens is 366 g/mol. The lowest BCUT2D eigenvalue weighted by Gasteiger charge is -2.33. The summed E-state index contributed by atoms with van der Waals surface area (Å²) in [6.45, 7) is 5.75. The van der Waals surface area contributed by atoms with E-state index in [2.05, 4.69) is 17.6 Å². The molecule has 2 amide bonds. The molecule has 2 aromatic rings. The third kappa shape index (κ3) is 5.73. The molecule has 1 aliphatic heterocycles. The molecule has 0 bridgehead atoms. The highest BCUT2D eigenvalue weighted by Gasteiger charge is 2.22. The van der Waals surface area contributed by atoms with Crippen LogP contribution in [-0.4, -0.2) is 42.5 Å². The van der Waals surface area contributed by atoms with Gasteiger partial charge in [-0.15, -0.1) is 0 Å². The molecule has 0 saturated carbocycles. The average molecular weight is 396 g/mol. The summed E-state index contributed by atoms with van der Waals surface area (Å²) in [5.41, 5.74) is 2.09. The predicted octanol–water partition coefficient (Wildman–Crippen LogP) is 4.15. The molecule has 29 heavy (non-hydrogen) atoms. The molecule has 1 atom stereocenters. The Kier molecular flexibility index (Phi) is 7.11. The highest BCUT2D eigenvalue weighted by atomic mass is 16.5. The van der Waals surface area contributed by atoms with Crippen molar-refractivity contribution in [2.24, 2.45) is 0 Å². The standard InChI is InChI=1S/C23H29N3O3/c1-3-29-21-13-11-20(12-14-21)25-23(28)18-7-9-19(10-8-18)24-16-22(27)26-15-5-4-6-17(26)2/h7-14,17,24H,3-6,15-16H2,1-2H3,(H,25,28). The molecule has 6 nitrogen and oxygen atoms in total. The molecule has 1 heterocycles. The summed E-state index contributed by atoms with van der Waals surface area (Å²) in [4.78, 5) is 26.8. The number of carbonyl (C=O) groups is 2. The predicted molar refractivity (Wildman–Crippen MR) is 116 cm³/mol. The van der Waals surface area contributed by atoms with Gasteiger partial charge in [0, 0.05) is 29.5 Å². The summed E-state index contributed by atoms with van der Waals surface area (Å²) < 4.78 is 5.40. The van der Waals surface area contributed by atoms with Crippen LogP contribution < -0.4 is 15.4 Å². The maximum absolute atomic E-state index is 12.4. The third-order valence-corrected chi connectivity index (χ3v) is 5.14. The van der Waals surface area contributed by atoms with E-state index in [1.807, 2.05) is 48.2 Å². The van der Waals surface area contributed by atoms with E-state index in [9.17, 15) is 9.59 Å². The monoisotopic (exact) mass is 395 g/mol. The number of nitrogens with one attached hydrogen (secondary N) is 2. The number of rotatable bonds is 7. The highest BCUT2D eigenvalue weighted by Crippen LogP contribution is 2.18. The van der Waals surface area contributed by atoms with Crippen LogP contribution in [-0.2, 0) is 4.79 Å². The van der Waals surface area contributed by atoms with E-state index < -0.39 is 0 Å². The molecule has 0 radical (unpaired) electrons. The fraction of sp³-hybridized carbons (Fsp3) is 0.391. The van der Waals surface area contributed by atoms with Crippen LogP contribution in [0.5, 0.6) is 5.75 Å². The Hall–Kier alpha value is -3.02. The summed E-state index contributed by atoms with van der Waals surface area (Å²) in [6.07, 6.45) is 3.34. The first-order valence-electron chi connectivity index (χ1n) is 10.2. The largest absolute Gasteiger partial charge is 0.494 e. The van der Waals surface area contributed by atoms with Gasteiger partial charge in [0.2, 0.25) is 5.91 Å². The van der Waals surface area contributed by atoms with Crippen molar-refractivity contribution in [3.8, 4) is 5.75 Å². The first kappa shape index (κ1) is 20.7. The first-order chi connectivity index (χ1) is 14.1. The summed E-state index contributed by atoms with van der Waals surface area (Å²) in [5, 5.41) is 6.03. The number of likely N-dealkylation sites (tertiary alicyclic amines) is 1. The lowest BCUT2D eigenvalue weighted by atomic mass is 10.0. The van der Waals surface area contributed by atoms with E-state index in [0.29, 0.717) is 23.9 Å². The highest BCUT2D eigenvalue weighted by molar-refractivity contribution is 6.04. The topological polar surface area (TPSA) is 70.7 Å². The van der Waals surface area contributed by atoms with E-state index >= 15 is 0 Å². The molecule has 2 N–H and O–H groups in total. The van der Waals surface area contributed by atoms with Crippen LogP contribution in [0.4, 0.5) is 11.4 Å². The van der Waals surface area contributed by atoms with Crippen LogP contribution in [0.3, 0.4) is 0 Å². The zero-order valence-corrected chi connectivity index (χ0v) is 17.1. The zero-order chi connectivity index (χ0) is 20.6. The van der Waals surface area contributed by atoms with Gasteiger partial charge in [0.1, 0.15) is 5.75 Å². The summed E-state index contributed by atoms with van der Waals surface area (Å²) in [6, 6.07) is 14.7. The van der Waals surface area contributed by atoms with Crippen LogP contribution in [0.2, 0.25) is 0 Å².